The summed E-state index contributed by atoms with van der Waals surface area (Å²) in [5.41, 5.74) is 3.05. The second kappa shape index (κ2) is 10.6. The van der Waals surface area contributed by atoms with Crippen LogP contribution in [0, 0.1) is 0 Å². The van der Waals surface area contributed by atoms with Crippen molar-refractivity contribution in [3.8, 4) is 11.5 Å². The lowest BCUT2D eigenvalue weighted by molar-refractivity contribution is -0.136. The van der Waals surface area contributed by atoms with E-state index in [-0.39, 0.29) is 11.9 Å². The molecular weight excluding hydrogens is 418 g/mol. The molecule has 6 nitrogen and oxygen atoms in total. The van der Waals surface area contributed by atoms with Gasteiger partial charge >= 0.3 is 5.97 Å². The molecule has 3 aromatic rings. The van der Waals surface area contributed by atoms with E-state index in [0.29, 0.717) is 25.5 Å². The van der Waals surface area contributed by atoms with E-state index in [1.54, 1.807) is 19.1 Å². The van der Waals surface area contributed by atoms with Crippen molar-refractivity contribution in [1.82, 2.24) is 0 Å². The molecule has 3 aromatic carbocycles. The minimum Gasteiger partial charge on any atom is -0.490 e. The van der Waals surface area contributed by atoms with Crippen LogP contribution in [0.2, 0.25) is 0 Å². The Hall–Kier alpha value is -3.93. The third-order valence-electron chi connectivity index (χ3n) is 5.26. The smallest absolute Gasteiger partial charge is 0.371 e. The SMILES string of the molecule is CCO/C(=C/c1ccc(OCC2CN(Cc3ccccc3)c3ccccc3O2)cc1)C(=O)O. The Labute approximate surface area is 193 Å². The highest BCUT2D eigenvalue weighted by Gasteiger charge is 2.26. The number of aliphatic carboxylic acids is 1. The summed E-state index contributed by atoms with van der Waals surface area (Å²) in [5, 5.41) is 9.20. The standard InChI is InChI=1S/C27H27NO5/c1-2-31-26(27(29)30)16-20-12-14-22(15-13-20)32-19-23-18-28(17-21-8-4-3-5-9-21)24-10-6-7-11-25(24)33-23/h3-16,23H,2,17-19H2,1H3,(H,29,30)/b26-16+. The number of para-hydroxylation sites is 2. The van der Waals surface area contributed by atoms with Crippen LogP contribution >= 0.6 is 0 Å². The molecule has 4 rings (SSSR count). The van der Waals surface area contributed by atoms with Gasteiger partial charge in [-0.05, 0) is 48.4 Å². The largest absolute Gasteiger partial charge is 0.490 e. The van der Waals surface area contributed by atoms with E-state index >= 15 is 0 Å². The average Bonchev–Trinajstić information content (AvgIpc) is 2.84. The van der Waals surface area contributed by atoms with E-state index in [1.165, 1.54) is 11.6 Å². The quantitative estimate of drug-likeness (QED) is 0.370. The molecule has 0 saturated heterocycles. The molecule has 6 heteroatoms. The zero-order valence-corrected chi connectivity index (χ0v) is 18.5. The van der Waals surface area contributed by atoms with Crippen LogP contribution in [0.4, 0.5) is 5.69 Å². The van der Waals surface area contributed by atoms with E-state index in [0.717, 1.165) is 23.5 Å². The molecule has 0 spiro atoms. The van der Waals surface area contributed by atoms with Crippen molar-refractivity contribution >= 4 is 17.7 Å². The van der Waals surface area contributed by atoms with E-state index < -0.39 is 5.97 Å². The first-order valence-corrected chi connectivity index (χ1v) is 11.0. The van der Waals surface area contributed by atoms with Crippen molar-refractivity contribution in [3.05, 3.63) is 95.7 Å². The summed E-state index contributed by atoms with van der Waals surface area (Å²) >= 11 is 0. The van der Waals surface area contributed by atoms with Gasteiger partial charge in [-0.2, -0.15) is 0 Å². The van der Waals surface area contributed by atoms with Gasteiger partial charge in [0.1, 0.15) is 18.1 Å². The van der Waals surface area contributed by atoms with Crippen molar-refractivity contribution < 1.29 is 24.1 Å². The summed E-state index contributed by atoms with van der Waals surface area (Å²) in [6.45, 7) is 3.95. The third kappa shape index (κ3) is 5.86. The maximum Gasteiger partial charge on any atom is 0.371 e. The van der Waals surface area contributed by atoms with Crippen molar-refractivity contribution in [2.75, 3.05) is 24.7 Å². The molecule has 0 fully saturated rings. The van der Waals surface area contributed by atoms with Gasteiger partial charge in [0.15, 0.2) is 6.10 Å². The Morgan fingerprint density at radius 3 is 2.52 bits per heavy atom. The van der Waals surface area contributed by atoms with Crippen LogP contribution in [-0.4, -0.2) is 36.9 Å². The third-order valence-corrected chi connectivity index (χ3v) is 5.26. The minimum atomic E-state index is -1.09. The zero-order valence-electron chi connectivity index (χ0n) is 18.5. The van der Waals surface area contributed by atoms with Crippen LogP contribution in [0.3, 0.4) is 0 Å². The monoisotopic (exact) mass is 445 g/mol. The summed E-state index contributed by atoms with van der Waals surface area (Å²) in [5.74, 6) is 0.370. The first kappa shape index (κ1) is 22.3. The van der Waals surface area contributed by atoms with Crippen LogP contribution in [0.1, 0.15) is 18.1 Å². The topological polar surface area (TPSA) is 68.2 Å². The number of carbonyl (C=O) groups is 1. The average molecular weight is 446 g/mol. The first-order chi connectivity index (χ1) is 16.1. The molecule has 0 saturated carbocycles. The van der Waals surface area contributed by atoms with Gasteiger partial charge in [0, 0.05) is 6.54 Å². The Bertz CT molecular complexity index is 1100. The van der Waals surface area contributed by atoms with Crippen molar-refractivity contribution in [2.24, 2.45) is 0 Å². The van der Waals surface area contributed by atoms with Gasteiger partial charge in [-0.3, -0.25) is 0 Å². The zero-order chi connectivity index (χ0) is 23.0. The van der Waals surface area contributed by atoms with Crippen molar-refractivity contribution in [1.29, 1.82) is 0 Å². The number of carboxylic acids is 1. The number of nitrogens with zero attached hydrogens (tertiary/aromatic N) is 1. The maximum atomic E-state index is 11.2. The second-order valence-corrected chi connectivity index (χ2v) is 7.70. The summed E-state index contributed by atoms with van der Waals surface area (Å²) in [4.78, 5) is 13.5. The van der Waals surface area contributed by atoms with Crippen LogP contribution in [0.25, 0.3) is 6.08 Å². The fourth-order valence-electron chi connectivity index (χ4n) is 3.74. The fraction of sp³-hybridized carbons (Fsp3) is 0.222. The summed E-state index contributed by atoms with van der Waals surface area (Å²) in [6.07, 6.45) is 1.37. The number of hydrogen-bond acceptors (Lipinski definition) is 5. The predicted octanol–water partition coefficient (Wildman–Crippen LogP) is 5.00. The maximum absolute atomic E-state index is 11.2. The molecular formula is C27H27NO5. The number of fused-ring (bicyclic) bond motifs is 1. The second-order valence-electron chi connectivity index (χ2n) is 7.70. The number of hydrogen-bond donors (Lipinski definition) is 1. The van der Waals surface area contributed by atoms with Crippen molar-refractivity contribution in [2.45, 2.75) is 19.6 Å². The molecule has 1 heterocycles. The molecule has 1 N–H and O–H groups in total. The van der Waals surface area contributed by atoms with Crippen molar-refractivity contribution in [3.63, 3.8) is 0 Å². The number of benzene rings is 3. The van der Waals surface area contributed by atoms with Crippen LogP contribution in [-0.2, 0) is 16.1 Å². The normalized spacial score (nSPS) is 15.4. The first-order valence-electron chi connectivity index (χ1n) is 11.0. The Morgan fingerprint density at radius 1 is 1.06 bits per heavy atom. The highest BCUT2D eigenvalue weighted by molar-refractivity contribution is 5.89. The lowest BCUT2D eigenvalue weighted by atomic mass is 10.1. The molecule has 0 amide bonds. The number of rotatable bonds is 9. The van der Waals surface area contributed by atoms with Gasteiger partial charge in [-0.1, -0.05) is 54.6 Å². The van der Waals surface area contributed by atoms with E-state index in [1.807, 2.05) is 36.4 Å². The summed E-state index contributed by atoms with van der Waals surface area (Å²) in [7, 11) is 0. The van der Waals surface area contributed by atoms with E-state index in [2.05, 4.69) is 35.2 Å². The molecule has 1 aliphatic rings. The van der Waals surface area contributed by atoms with Crippen LogP contribution in [0.5, 0.6) is 11.5 Å². The van der Waals surface area contributed by atoms with Gasteiger partial charge in [0.2, 0.25) is 5.76 Å². The van der Waals surface area contributed by atoms with Gasteiger partial charge < -0.3 is 24.2 Å². The van der Waals surface area contributed by atoms with E-state index in [9.17, 15) is 9.90 Å². The molecule has 0 radical (unpaired) electrons. The molecule has 1 atom stereocenters. The fourth-order valence-corrected chi connectivity index (χ4v) is 3.74. The number of ether oxygens (including phenoxy) is 3. The lowest BCUT2D eigenvalue weighted by Gasteiger charge is -2.36. The molecule has 0 aromatic heterocycles. The summed E-state index contributed by atoms with van der Waals surface area (Å²) < 4.78 is 17.3. The Balaban J connectivity index is 1.41. The van der Waals surface area contributed by atoms with Gasteiger partial charge in [0.05, 0.1) is 18.8 Å². The lowest BCUT2D eigenvalue weighted by Crippen LogP contribution is -2.42. The number of anilines is 1. The minimum absolute atomic E-state index is 0.0843. The molecule has 0 aliphatic carbocycles. The highest BCUT2D eigenvalue weighted by Crippen LogP contribution is 2.34. The Kier molecular flexibility index (Phi) is 7.15. The Morgan fingerprint density at radius 2 is 1.79 bits per heavy atom. The molecule has 1 aliphatic heterocycles. The van der Waals surface area contributed by atoms with Crippen LogP contribution in [0.15, 0.2) is 84.6 Å². The molecule has 33 heavy (non-hydrogen) atoms. The van der Waals surface area contributed by atoms with Gasteiger partial charge in [0.25, 0.3) is 0 Å². The molecule has 1 unspecified atom stereocenters. The van der Waals surface area contributed by atoms with E-state index in [4.69, 9.17) is 14.2 Å². The summed E-state index contributed by atoms with van der Waals surface area (Å²) in [6, 6.07) is 25.7. The molecule has 0 bridgehead atoms. The van der Waals surface area contributed by atoms with Gasteiger partial charge in [-0.15, -0.1) is 0 Å². The number of carboxylic acid groups (broad SMARTS) is 1. The highest BCUT2D eigenvalue weighted by atomic mass is 16.5. The molecule has 170 valence electrons. The predicted molar refractivity (Wildman–Crippen MR) is 128 cm³/mol. The van der Waals surface area contributed by atoms with Gasteiger partial charge in [-0.25, -0.2) is 4.79 Å². The van der Waals surface area contributed by atoms with Crippen LogP contribution < -0.4 is 14.4 Å².